The maximum absolute atomic E-state index is 13.0. The van der Waals surface area contributed by atoms with Gasteiger partial charge < -0.3 is 10.6 Å². The molecule has 3 nitrogen and oxygen atoms in total. The van der Waals surface area contributed by atoms with Crippen molar-refractivity contribution in [3.63, 3.8) is 0 Å². The molecule has 0 aliphatic heterocycles. The third-order valence-corrected chi connectivity index (χ3v) is 6.03. The molecule has 2 aromatic rings. The molecule has 0 aromatic heterocycles. The minimum absolute atomic E-state index is 0.0633. The fourth-order valence-electron chi connectivity index (χ4n) is 4.07. The number of allylic oxidation sites excluding steroid dienone is 1. The van der Waals surface area contributed by atoms with Crippen molar-refractivity contribution in [2.75, 3.05) is 11.9 Å². The molecule has 0 radical (unpaired) electrons. The van der Waals surface area contributed by atoms with Gasteiger partial charge in [0, 0.05) is 24.4 Å². The molecule has 1 aliphatic carbocycles. The van der Waals surface area contributed by atoms with Crippen LogP contribution in [0.1, 0.15) is 57.6 Å². The number of anilines is 1. The second-order valence-corrected chi connectivity index (χ2v) is 9.62. The van der Waals surface area contributed by atoms with Gasteiger partial charge in [-0.3, -0.25) is 4.79 Å². The molecule has 164 valence electrons. The molecule has 31 heavy (non-hydrogen) atoms. The SMILES string of the molecule is CCCCc1ccc(NC(=S)C2=C(NCCc3ccccc3)CC(C)(C)CC2=O)cc1. The summed E-state index contributed by atoms with van der Waals surface area (Å²) in [5.41, 5.74) is 5.09. The third kappa shape index (κ3) is 6.76. The van der Waals surface area contributed by atoms with Crippen molar-refractivity contribution in [1.29, 1.82) is 0 Å². The second-order valence-electron chi connectivity index (χ2n) is 9.21. The molecule has 0 saturated heterocycles. The zero-order valence-electron chi connectivity index (χ0n) is 19.0. The lowest BCUT2D eigenvalue weighted by atomic mass is 9.75. The first-order chi connectivity index (χ1) is 14.9. The summed E-state index contributed by atoms with van der Waals surface area (Å²) in [6.45, 7) is 7.27. The molecule has 0 bridgehead atoms. The molecule has 0 saturated carbocycles. The minimum Gasteiger partial charge on any atom is -0.387 e. The number of ketones is 1. The number of thiocarbonyl (C=S) groups is 1. The number of hydrogen-bond acceptors (Lipinski definition) is 3. The highest BCUT2D eigenvalue weighted by Gasteiger charge is 2.34. The van der Waals surface area contributed by atoms with Crippen molar-refractivity contribution >= 4 is 28.7 Å². The first-order valence-electron chi connectivity index (χ1n) is 11.3. The Morgan fingerprint density at radius 3 is 2.32 bits per heavy atom. The molecule has 0 amide bonds. The van der Waals surface area contributed by atoms with Crippen molar-refractivity contribution < 1.29 is 4.79 Å². The number of hydrogen-bond donors (Lipinski definition) is 2. The Bertz CT molecular complexity index is 929. The number of benzene rings is 2. The summed E-state index contributed by atoms with van der Waals surface area (Å²) in [6, 6.07) is 18.8. The first-order valence-corrected chi connectivity index (χ1v) is 11.7. The summed E-state index contributed by atoms with van der Waals surface area (Å²) in [6.07, 6.45) is 5.73. The minimum atomic E-state index is -0.0633. The number of unbranched alkanes of at least 4 members (excludes halogenated alkanes) is 1. The van der Waals surface area contributed by atoms with Crippen LogP contribution in [0.25, 0.3) is 0 Å². The van der Waals surface area contributed by atoms with Gasteiger partial charge in [-0.25, -0.2) is 0 Å². The van der Waals surface area contributed by atoms with Gasteiger partial charge in [-0.2, -0.15) is 0 Å². The molecule has 0 unspecified atom stereocenters. The fourth-order valence-corrected chi connectivity index (χ4v) is 4.42. The standard InChI is InChI=1S/C27H34N2OS/c1-4-5-9-21-12-14-22(15-13-21)29-26(31)25-23(18-27(2,3)19-24(25)30)28-17-16-20-10-7-6-8-11-20/h6-8,10-15,28H,4-5,9,16-19H2,1-3H3,(H,29,31). The van der Waals surface area contributed by atoms with Crippen LogP contribution in [0.2, 0.25) is 0 Å². The lowest BCUT2D eigenvalue weighted by Crippen LogP contribution is -2.36. The van der Waals surface area contributed by atoms with Gasteiger partial charge in [0.1, 0.15) is 4.99 Å². The quantitative estimate of drug-likeness (QED) is 0.458. The van der Waals surface area contributed by atoms with Gasteiger partial charge in [-0.15, -0.1) is 0 Å². The maximum atomic E-state index is 13.0. The van der Waals surface area contributed by atoms with E-state index < -0.39 is 0 Å². The predicted molar refractivity (Wildman–Crippen MR) is 134 cm³/mol. The summed E-state index contributed by atoms with van der Waals surface area (Å²) in [4.78, 5) is 13.5. The van der Waals surface area contributed by atoms with E-state index >= 15 is 0 Å². The van der Waals surface area contributed by atoms with Crippen LogP contribution in [-0.4, -0.2) is 17.3 Å². The average molecular weight is 435 g/mol. The number of Topliss-reactive ketones (excluding diaryl/α,β-unsaturated/α-hetero) is 1. The molecule has 0 fully saturated rings. The van der Waals surface area contributed by atoms with Crippen LogP contribution >= 0.6 is 12.2 Å². The van der Waals surface area contributed by atoms with E-state index in [1.807, 2.05) is 6.07 Å². The number of carbonyl (C=O) groups excluding carboxylic acids is 1. The summed E-state index contributed by atoms with van der Waals surface area (Å²) >= 11 is 5.70. The predicted octanol–water partition coefficient (Wildman–Crippen LogP) is 6.24. The number of nitrogens with one attached hydrogen (secondary N) is 2. The van der Waals surface area contributed by atoms with E-state index in [0.29, 0.717) is 17.0 Å². The van der Waals surface area contributed by atoms with Crippen molar-refractivity contribution in [2.24, 2.45) is 5.41 Å². The number of carbonyl (C=O) groups is 1. The summed E-state index contributed by atoms with van der Waals surface area (Å²) in [5, 5.41) is 6.84. The van der Waals surface area contributed by atoms with Gasteiger partial charge in [0.25, 0.3) is 0 Å². The van der Waals surface area contributed by atoms with E-state index in [1.165, 1.54) is 24.0 Å². The second kappa shape index (κ2) is 10.7. The van der Waals surface area contributed by atoms with Gasteiger partial charge in [0.2, 0.25) is 0 Å². The van der Waals surface area contributed by atoms with Gasteiger partial charge >= 0.3 is 0 Å². The fraction of sp³-hybridized carbons (Fsp3) is 0.407. The highest BCUT2D eigenvalue weighted by molar-refractivity contribution is 7.81. The Morgan fingerprint density at radius 1 is 0.968 bits per heavy atom. The number of aryl methyl sites for hydroxylation is 1. The Morgan fingerprint density at radius 2 is 1.65 bits per heavy atom. The monoisotopic (exact) mass is 434 g/mol. The van der Waals surface area contributed by atoms with E-state index in [1.54, 1.807) is 0 Å². The van der Waals surface area contributed by atoms with Crippen LogP contribution in [0.15, 0.2) is 65.9 Å². The highest BCUT2D eigenvalue weighted by Crippen LogP contribution is 2.36. The maximum Gasteiger partial charge on any atom is 0.168 e. The van der Waals surface area contributed by atoms with Gasteiger partial charge in [-0.1, -0.05) is 81.9 Å². The molecule has 0 spiro atoms. The Kier molecular flexibility index (Phi) is 8.03. The molecule has 1 aliphatic rings. The van der Waals surface area contributed by atoms with E-state index in [2.05, 4.69) is 79.9 Å². The van der Waals surface area contributed by atoms with E-state index in [9.17, 15) is 4.79 Å². The van der Waals surface area contributed by atoms with Crippen molar-refractivity contribution in [2.45, 2.75) is 59.3 Å². The first kappa shape index (κ1) is 23.2. The Hall–Kier alpha value is -2.46. The van der Waals surface area contributed by atoms with Crippen LogP contribution in [0.4, 0.5) is 5.69 Å². The van der Waals surface area contributed by atoms with E-state index in [4.69, 9.17) is 12.2 Å². The van der Waals surface area contributed by atoms with Gasteiger partial charge in [-0.05, 0) is 54.4 Å². The topological polar surface area (TPSA) is 41.1 Å². The van der Waals surface area contributed by atoms with E-state index in [-0.39, 0.29) is 11.2 Å². The van der Waals surface area contributed by atoms with E-state index in [0.717, 1.165) is 37.2 Å². The van der Waals surface area contributed by atoms with Gasteiger partial charge in [0.05, 0.1) is 5.57 Å². The molecular weight excluding hydrogens is 400 g/mol. The highest BCUT2D eigenvalue weighted by atomic mass is 32.1. The summed E-state index contributed by atoms with van der Waals surface area (Å²) in [7, 11) is 0. The van der Waals surface area contributed by atoms with Crippen molar-refractivity contribution in [1.82, 2.24) is 5.32 Å². The summed E-state index contributed by atoms with van der Waals surface area (Å²) in [5.74, 6) is 0.121. The van der Waals surface area contributed by atoms with Crippen LogP contribution in [-0.2, 0) is 17.6 Å². The van der Waals surface area contributed by atoms with Crippen LogP contribution in [0.5, 0.6) is 0 Å². The third-order valence-electron chi connectivity index (χ3n) is 5.73. The Labute approximate surface area is 192 Å². The summed E-state index contributed by atoms with van der Waals surface area (Å²) < 4.78 is 0. The Balaban J connectivity index is 1.72. The largest absolute Gasteiger partial charge is 0.387 e. The molecular formula is C27H34N2OS. The normalized spacial score (nSPS) is 15.6. The zero-order valence-corrected chi connectivity index (χ0v) is 19.8. The zero-order chi connectivity index (χ0) is 22.3. The average Bonchev–Trinajstić information content (AvgIpc) is 2.73. The molecule has 0 atom stereocenters. The molecule has 2 aromatic carbocycles. The van der Waals surface area contributed by atoms with Gasteiger partial charge in [0.15, 0.2) is 5.78 Å². The lowest BCUT2D eigenvalue weighted by Gasteiger charge is -2.33. The molecule has 2 N–H and O–H groups in total. The molecule has 3 rings (SSSR count). The van der Waals surface area contributed by atoms with Crippen LogP contribution in [0, 0.1) is 5.41 Å². The van der Waals surface area contributed by atoms with Crippen LogP contribution < -0.4 is 10.6 Å². The van der Waals surface area contributed by atoms with Crippen molar-refractivity contribution in [3.8, 4) is 0 Å². The van der Waals surface area contributed by atoms with Crippen LogP contribution in [0.3, 0.4) is 0 Å². The smallest absolute Gasteiger partial charge is 0.168 e. The molecule has 0 heterocycles. The molecule has 4 heteroatoms. The lowest BCUT2D eigenvalue weighted by molar-refractivity contribution is -0.117. The number of rotatable bonds is 9. The van der Waals surface area contributed by atoms with Crippen molar-refractivity contribution in [3.05, 3.63) is 77.0 Å².